The monoisotopic (exact) mass is 276 g/mol. The Morgan fingerprint density at radius 2 is 1.79 bits per heavy atom. The molecule has 0 bridgehead atoms. The van der Waals surface area contributed by atoms with Gasteiger partial charge in [-0.25, -0.2) is 0 Å². The van der Waals surface area contributed by atoms with E-state index in [1.165, 1.54) is 25.7 Å². The highest BCUT2D eigenvalue weighted by Crippen LogP contribution is 2.24. The van der Waals surface area contributed by atoms with Gasteiger partial charge >= 0.3 is 0 Å². The molecule has 1 saturated heterocycles. The minimum Gasteiger partial charge on any atom is -0.367 e. The molecule has 100 valence electrons. The third-order valence-corrected chi connectivity index (χ3v) is 4.19. The van der Waals surface area contributed by atoms with Crippen LogP contribution in [0, 0.1) is 0 Å². The van der Waals surface area contributed by atoms with Crippen molar-refractivity contribution >= 4 is 17.4 Å². The van der Waals surface area contributed by atoms with Crippen LogP contribution in [-0.4, -0.2) is 17.9 Å². The zero-order valence-corrected chi connectivity index (χ0v) is 11.4. The number of nitrogens with one attached hydrogen (secondary N) is 2. The molecule has 1 heterocycles. The molecule has 1 unspecified atom stereocenters. The van der Waals surface area contributed by atoms with Crippen molar-refractivity contribution in [3.05, 3.63) is 46.7 Å². The molecule has 1 aliphatic heterocycles. The van der Waals surface area contributed by atoms with Crippen LogP contribution in [-0.2, 0) is 0 Å². The minimum atomic E-state index is -0.0563. The number of allylic oxidation sites excluding steroid dienone is 1. The summed E-state index contributed by atoms with van der Waals surface area (Å²) >= 11 is 6.04. The van der Waals surface area contributed by atoms with Gasteiger partial charge in [-0.3, -0.25) is 4.79 Å². The molecule has 3 nitrogen and oxygen atoms in total. The summed E-state index contributed by atoms with van der Waals surface area (Å²) in [7, 11) is 0. The van der Waals surface area contributed by atoms with Gasteiger partial charge in [0.05, 0.1) is 5.02 Å². The van der Waals surface area contributed by atoms with Crippen molar-refractivity contribution in [3.8, 4) is 0 Å². The van der Waals surface area contributed by atoms with Crippen molar-refractivity contribution in [1.29, 1.82) is 0 Å². The Bertz CT molecular complexity index is 511. The normalized spacial score (nSPS) is 27.5. The summed E-state index contributed by atoms with van der Waals surface area (Å²) in [6.07, 6.45) is 6.51. The van der Waals surface area contributed by atoms with Gasteiger partial charge in [0.1, 0.15) is 5.82 Å². The SMILES string of the molecule is O=C(C=C1NC2CCCC[C@@H]2N1)c1ccccc1Cl. The second-order valence-electron chi connectivity index (χ2n) is 5.19. The number of rotatable bonds is 2. The number of carbonyl (C=O) groups is 1. The van der Waals surface area contributed by atoms with Crippen molar-refractivity contribution in [2.24, 2.45) is 0 Å². The van der Waals surface area contributed by atoms with Crippen molar-refractivity contribution in [1.82, 2.24) is 10.6 Å². The van der Waals surface area contributed by atoms with Crippen LogP contribution in [0.4, 0.5) is 0 Å². The lowest BCUT2D eigenvalue weighted by Crippen LogP contribution is -2.36. The van der Waals surface area contributed by atoms with Crippen LogP contribution in [0.25, 0.3) is 0 Å². The molecule has 0 aromatic heterocycles. The second-order valence-corrected chi connectivity index (χ2v) is 5.60. The lowest BCUT2D eigenvalue weighted by molar-refractivity contribution is 0.104. The highest BCUT2D eigenvalue weighted by atomic mass is 35.5. The largest absolute Gasteiger partial charge is 0.367 e. The average Bonchev–Trinajstić information content (AvgIpc) is 2.81. The van der Waals surface area contributed by atoms with Crippen LogP contribution in [0.5, 0.6) is 0 Å². The third kappa shape index (κ3) is 2.61. The van der Waals surface area contributed by atoms with Crippen LogP contribution < -0.4 is 10.6 Å². The fourth-order valence-corrected chi connectivity index (χ4v) is 3.10. The minimum absolute atomic E-state index is 0.0563. The topological polar surface area (TPSA) is 41.1 Å². The number of benzene rings is 1. The van der Waals surface area contributed by atoms with Crippen LogP contribution in [0.1, 0.15) is 36.0 Å². The molecule has 2 N–H and O–H groups in total. The van der Waals surface area contributed by atoms with E-state index in [9.17, 15) is 4.79 Å². The number of halogens is 1. The van der Waals surface area contributed by atoms with Crippen LogP contribution in [0.2, 0.25) is 5.02 Å². The Kier molecular flexibility index (Phi) is 3.47. The van der Waals surface area contributed by atoms with E-state index in [-0.39, 0.29) is 5.78 Å². The molecule has 0 radical (unpaired) electrons. The summed E-state index contributed by atoms with van der Waals surface area (Å²) < 4.78 is 0. The summed E-state index contributed by atoms with van der Waals surface area (Å²) in [6.45, 7) is 0. The lowest BCUT2D eigenvalue weighted by atomic mass is 9.92. The Labute approximate surface area is 118 Å². The first-order valence-electron chi connectivity index (χ1n) is 6.77. The van der Waals surface area contributed by atoms with Gasteiger partial charge in [0.25, 0.3) is 0 Å². The molecule has 19 heavy (non-hydrogen) atoms. The van der Waals surface area contributed by atoms with Crippen LogP contribution in [0.3, 0.4) is 0 Å². The van der Waals surface area contributed by atoms with Crippen LogP contribution in [0.15, 0.2) is 36.2 Å². The molecule has 1 saturated carbocycles. The third-order valence-electron chi connectivity index (χ3n) is 3.86. The number of ketones is 1. The fourth-order valence-electron chi connectivity index (χ4n) is 2.87. The molecule has 2 aliphatic rings. The summed E-state index contributed by atoms with van der Waals surface area (Å²) in [4.78, 5) is 12.2. The van der Waals surface area contributed by atoms with E-state index in [2.05, 4.69) is 10.6 Å². The van der Waals surface area contributed by atoms with Gasteiger partial charge in [0.2, 0.25) is 0 Å². The van der Waals surface area contributed by atoms with Gasteiger partial charge < -0.3 is 10.6 Å². The quantitative estimate of drug-likeness (QED) is 0.645. The summed E-state index contributed by atoms with van der Waals surface area (Å²) in [6, 6.07) is 8.09. The van der Waals surface area contributed by atoms with Gasteiger partial charge in [-0.1, -0.05) is 36.6 Å². The summed E-state index contributed by atoms with van der Waals surface area (Å²) in [5.41, 5.74) is 0.551. The fraction of sp³-hybridized carbons (Fsp3) is 0.400. The molecule has 1 aromatic rings. The second kappa shape index (κ2) is 5.25. The van der Waals surface area contributed by atoms with Crippen molar-refractivity contribution in [2.75, 3.05) is 0 Å². The van der Waals surface area contributed by atoms with Crippen molar-refractivity contribution in [3.63, 3.8) is 0 Å². The maximum atomic E-state index is 12.2. The first-order chi connectivity index (χ1) is 9.24. The number of hydrogen-bond acceptors (Lipinski definition) is 3. The maximum Gasteiger partial charge on any atom is 0.190 e. The number of fused-ring (bicyclic) bond motifs is 1. The Morgan fingerprint density at radius 1 is 1.16 bits per heavy atom. The molecular weight excluding hydrogens is 260 g/mol. The first-order valence-corrected chi connectivity index (χ1v) is 7.15. The van der Waals surface area contributed by atoms with Gasteiger partial charge in [-0.15, -0.1) is 0 Å². The molecule has 2 atom stereocenters. The first kappa shape index (κ1) is 12.5. The summed E-state index contributed by atoms with van der Waals surface area (Å²) in [5, 5.41) is 7.30. The van der Waals surface area contributed by atoms with Crippen LogP contribution >= 0.6 is 11.6 Å². The van der Waals surface area contributed by atoms with Crippen molar-refractivity contribution < 1.29 is 4.79 Å². The Morgan fingerprint density at radius 3 is 2.42 bits per heavy atom. The van der Waals surface area contributed by atoms with Gasteiger partial charge in [-0.2, -0.15) is 0 Å². The lowest BCUT2D eigenvalue weighted by Gasteiger charge is -2.23. The molecule has 2 fully saturated rings. The standard InChI is InChI=1S/C15H17ClN2O/c16-11-6-2-1-5-10(11)14(19)9-15-17-12-7-3-4-8-13(12)18-15/h1-2,5-6,9,12-13,17-18H,3-4,7-8H2/t12-,13?/m0/s1. The molecule has 0 amide bonds. The zero-order valence-electron chi connectivity index (χ0n) is 10.7. The van der Waals surface area contributed by atoms with E-state index in [1.54, 1.807) is 18.2 Å². The van der Waals surface area contributed by atoms with Crippen molar-refractivity contribution in [2.45, 2.75) is 37.8 Å². The molecule has 3 rings (SSSR count). The Balaban J connectivity index is 1.76. The predicted octanol–water partition coefficient (Wildman–Crippen LogP) is 2.87. The van der Waals surface area contributed by atoms with E-state index in [0.717, 1.165) is 5.82 Å². The molecule has 4 heteroatoms. The zero-order chi connectivity index (χ0) is 13.2. The van der Waals surface area contributed by atoms with E-state index in [4.69, 9.17) is 11.6 Å². The molecule has 1 aliphatic carbocycles. The number of hydrogen-bond donors (Lipinski definition) is 2. The van der Waals surface area contributed by atoms with Gasteiger partial charge in [0, 0.05) is 23.7 Å². The molecule has 0 spiro atoms. The average molecular weight is 277 g/mol. The van der Waals surface area contributed by atoms with Gasteiger partial charge in [-0.05, 0) is 25.0 Å². The Hall–Kier alpha value is -1.48. The number of carbonyl (C=O) groups excluding carboxylic acids is 1. The summed E-state index contributed by atoms with van der Waals surface area (Å²) in [5.74, 6) is 0.779. The van der Waals surface area contributed by atoms with Gasteiger partial charge in [0.15, 0.2) is 5.78 Å². The van der Waals surface area contributed by atoms with E-state index in [0.29, 0.717) is 22.7 Å². The molecular formula is C15H17ClN2O. The van der Waals surface area contributed by atoms with E-state index >= 15 is 0 Å². The smallest absolute Gasteiger partial charge is 0.190 e. The van der Waals surface area contributed by atoms with E-state index < -0.39 is 0 Å². The molecule has 1 aromatic carbocycles. The highest BCUT2D eigenvalue weighted by Gasteiger charge is 2.31. The maximum absolute atomic E-state index is 12.2. The van der Waals surface area contributed by atoms with E-state index in [1.807, 2.05) is 12.1 Å². The highest BCUT2D eigenvalue weighted by molar-refractivity contribution is 6.34. The predicted molar refractivity (Wildman–Crippen MR) is 76.2 cm³/mol.